The van der Waals surface area contributed by atoms with Gasteiger partial charge in [0.1, 0.15) is 79.0 Å². The molecule has 326 valence electrons. The summed E-state index contributed by atoms with van der Waals surface area (Å²) in [5.74, 6) is -0.836. The van der Waals surface area contributed by atoms with Crippen molar-refractivity contribution in [1.29, 1.82) is 0 Å². The third-order valence-corrected chi connectivity index (χ3v) is 9.64. The number of ether oxygens (including phenoxy) is 6. The predicted octanol–water partition coefficient (Wildman–Crippen LogP) is -7.16. The lowest BCUT2D eigenvalue weighted by molar-refractivity contribution is -0.366. The van der Waals surface area contributed by atoms with Gasteiger partial charge in [-0.15, -0.1) is 0 Å². The third-order valence-electron chi connectivity index (χ3n) is 9.64. The number of unbranched alkanes of at least 4 members (excludes halogenated alkanes) is 2. The number of Topliss-reactive ketones (excluding diaryl/α,β-unsaturated/α-hetero) is 1. The topological polar surface area (TPSA) is 371 Å². The number of aliphatic hydroxyl groups is 10. The summed E-state index contributed by atoms with van der Waals surface area (Å²) in [7, 11) is 0. The Bertz CT molecular complexity index is 1190. The highest BCUT2D eigenvalue weighted by Crippen LogP contribution is 2.31. The summed E-state index contributed by atoms with van der Waals surface area (Å²) >= 11 is 0. The van der Waals surface area contributed by atoms with Gasteiger partial charge in [0, 0.05) is 19.4 Å². The fraction of sp³-hybridized carbons (Fsp3) is 0.909. The van der Waals surface area contributed by atoms with Gasteiger partial charge in [-0.05, 0) is 39.2 Å². The molecule has 0 bridgehead atoms. The molecule has 23 nitrogen and oxygen atoms in total. The zero-order chi connectivity index (χ0) is 41.5. The molecular weight excluding hydrogens is 756 g/mol. The van der Waals surface area contributed by atoms with Crippen LogP contribution in [0.15, 0.2) is 0 Å². The van der Waals surface area contributed by atoms with Crippen molar-refractivity contribution in [1.82, 2.24) is 16.2 Å². The number of ketones is 1. The molecule has 0 aromatic heterocycles. The van der Waals surface area contributed by atoms with Crippen LogP contribution in [0.5, 0.6) is 0 Å². The fourth-order valence-corrected chi connectivity index (χ4v) is 6.19. The van der Waals surface area contributed by atoms with E-state index in [0.717, 1.165) is 12.8 Å². The summed E-state index contributed by atoms with van der Waals surface area (Å²) in [5.41, 5.74) is 10.7. The van der Waals surface area contributed by atoms with Gasteiger partial charge in [-0.1, -0.05) is 6.42 Å². The van der Waals surface area contributed by atoms with Gasteiger partial charge in [0.25, 0.3) is 0 Å². The van der Waals surface area contributed by atoms with Gasteiger partial charge in [0.15, 0.2) is 18.9 Å². The molecule has 0 radical (unpaired) electrons. The number of hydrogen-bond acceptors (Lipinski definition) is 21. The van der Waals surface area contributed by atoms with Crippen molar-refractivity contribution in [3.63, 3.8) is 0 Å². The zero-order valence-corrected chi connectivity index (χ0v) is 31.2. The molecule has 3 aliphatic heterocycles. The minimum Gasteiger partial charge on any atom is -0.394 e. The summed E-state index contributed by atoms with van der Waals surface area (Å²) in [6, 6.07) is -0.528. The molecule has 3 saturated heterocycles. The van der Waals surface area contributed by atoms with Crippen molar-refractivity contribution in [3.05, 3.63) is 0 Å². The molecule has 0 spiro atoms. The SMILES string of the molecule is CC(=O)[C@H](CCCCN)NNC(=O)CCCCC(=O)NCCO[C@@H]1O[C@H](CO[C@H]2O[C@H](CO)[C@@H](O)[C@H](O)[C@@H]2O)[C@@H](O)[C@H](O[C@H]2O[C@H](CO)[C@@H](O)[C@H](O)[C@@H]2O)[C@H]1O. The van der Waals surface area contributed by atoms with E-state index in [2.05, 4.69) is 16.2 Å². The van der Waals surface area contributed by atoms with E-state index in [4.69, 9.17) is 34.2 Å². The second-order valence-corrected chi connectivity index (χ2v) is 13.9. The normalized spacial score (nSPS) is 36.8. The maximum absolute atomic E-state index is 12.4. The largest absolute Gasteiger partial charge is 0.394 e. The first-order chi connectivity index (χ1) is 26.6. The highest BCUT2D eigenvalue weighted by Gasteiger charge is 2.52. The van der Waals surface area contributed by atoms with Crippen molar-refractivity contribution in [2.75, 3.05) is 39.5 Å². The van der Waals surface area contributed by atoms with E-state index < -0.39 is 118 Å². The first-order valence-electron chi connectivity index (χ1n) is 18.7. The van der Waals surface area contributed by atoms with Crippen LogP contribution in [0.3, 0.4) is 0 Å². The Hall–Kier alpha value is -2.11. The quantitative estimate of drug-likeness (QED) is 0.0336. The summed E-state index contributed by atoms with van der Waals surface area (Å²) in [5, 5.41) is 105. The molecule has 0 aromatic rings. The van der Waals surface area contributed by atoms with E-state index in [1.165, 1.54) is 6.92 Å². The van der Waals surface area contributed by atoms with Gasteiger partial charge in [0.2, 0.25) is 11.8 Å². The first kappa shape index (κ1) is 48.3. The fourth-order valence-electron chi connectivity index (χ4n) is 6.19. The minimum atomic E-state index is -1.91. The number of carbonyl (C=O) groups excluding carboxylic acids is 3. The van der Waals surface area contributed by atoms with Crippen LogP contribution in [0.2, 0.25) is 0 Å². The molecule has 15 N–H and O–H groups in total. The Labute approximate surface area is 322 Å². The molecule has 3 heterocycles. The van der Waals surface area contributed by atoms with Crippen LogP contribution in [0.25, 0.3) is 0 Å². The summed E-state index contributed by atoms with van der Waals surface area (Å²) in [6.45, 7) is -0.580. The van der Waals surface area contributed by atoms with Crippen molar-refractivity contribution < 1.29 is 93.9 Å². The molecule has 3 rings (SSSR count). The maximum atomic E-state index is 12.4. The van der Waals surface area contributed by atoms with E-state index in [-0.39, 0.29) is 43.6 Å². The lowest BCUT2D eigenvalue weighted by atomic mass is 9.96. The standard InChI is InChI=1S/C33H60N4O19/c1-15(40)16(6-4-5-9-34)36-37-21(42)8-3-2-7-20(41)35-10-11-51-32-29(50)30(56-33-28(49)26(47)23(44)18(13-39)54-33)24(45)19(55-32)14-52-31-27(48)25(46)22(43)17(12-38)53-31/h16-19,22-33,36,38-39,43-50H,2-14,34H2,1H3,(H,35,41)(H,37,42)/t16-,17+,18+,19+,22+,23+,24+,25-,26-,27-,28-,29+,30-,31-,32+,33+/m0/s1. The Kier molecular flexibility index (Phi) is 20.8. The molecule has 16 atom stereocenters. The minimum absolute atomic E-state index is 0.0665. The lowest BCUT2D eigenvalue weighted by Crippen LogP contribution is -2.65. The molecular formula is C33H60N4O19. The van der Waals surface area contributed by atoms with E-state index in [1.54, 1.807) is 0 Å². The van der Waals surface area contributed by atoms with Crippen LogP contribution in [-0.2, 0) is 42.8 Å². The average Bonchev–Trinajstić information content (AvgIpc) is 3.17. The van der Waals surface area contributed by atoms with Gasteiger partial charge in [-0.25, -0.2) is 5.43 Å². The van der Waals surface area contributed by atoms with E-state index >= 15 is 0 Å². The number of nitrogens with one attached hydrogen (secondary N) is 3. The van der Waals surface area contributed by atoms with Gasteiger partial charge >= 0.3 is 0 Å². The Balaban J connectivity index is 1.53. The summed E-state index contributed by atoms with van der Waals surface area (Å²) in [4.78, 5) is 36.4. The van der Waals surface area contributed by atoms with Crippen molar-refractivity contribution in [2.45, 2.75) is 150 Å². The summed E-state index contributed by atoms with van der Waals surface area (Å²) < 4.78 is 33.2. The third kappa shape index (κ3) is 13.7. The van der Waals surface area contributed by atoms with E-state index in [0.29, 0.717) is 25.8 Å². The van der Waals surface area contributed by atoms with Gasteiger partial charge in [-0.3, -0.25) is 19.8 Å². The molecule has 23 heteroatoms. The molecule has 2 amide bonds. The van der Waals surface area contributed by atoms with Gasteiger partial charge in [0.05, 0.1) is 32.5 Å². The van der Waals surface area contributed by atoms with E-state index in [9.17, 15) is 65.4 Å². The van der Waals surface area contributed by atoms with Crippen molar-refractivity contribution in [3.8, 4) is 0 Å². The first-order valence-corrected chi connectivity index (χ1v) is 18.7. The van der Waals surface area contributed by atoms with Crippen LogP contribution >= 0.6 is 0 Å². The zero-order valence-electron chi connectivity index (χ0n) is 31.2. The number of hydrazine groups is 1. The monoisotopic (exact) mass is 816 g/mol. The molecule has 3 fully saturated rings. The lowest BCUT2D eigenvalue weighted by Gasteiger charge is -2.46. The molecule has 0 aromatic carbocycles. The average molecular weight is 817 g/mol. The number of rotatable bonds is 23. The van der Waals surface area contributed by atoms with Gasteiger partial charge < -0.3 is 90.5 Å². The van der Waals surface area contributed by atoms with Crippen LogP contribution in [-0.4, -0.2) is 206 Å². The molecule has 0 saturated carbocycles. The highest BCUT2D eigenvalue weighted by molar-refractivity contribution is 5.82. The number of amides is 2. The number of carbonyl (C=O) groups is 3. The van der Waals surface area contributed by atoms with Crippen LogP contribution < -0.4 is 21.9 Å². The Morgan fingerprint density at radius 2 is 1.21 bits per heavy atom. The highest BCUT2D eigenvalue weighted by atomic mass is 16.7. The predicted molar refractivity (Wildman–Crippen MR) is 185 cm³/mol. The second kappa shape index (κ2) is 24.1. The van der Waals surface area contributed by atoms with Crippen LogP contribution in [0.4, 0.5) is 0 Å². The van der Waals surface area contributed by atoms with Gasteiger partial charge in [-0.2, -0.15) is 0 Å². The molecule has 0 aliphatic carbocycles. The number of nitrogens with two attached hydrogens (primary N) is 1. The molecule has 0 unspecified atom stereocenters. The van der Waals surface area contributed by atoms with Crippen molar-refractivity contribution >= 4 is 17.6 Å². The van der Waals surface area contributed by atoms with Crippen molar-refractivity contribution in [2.24, 2.45) is 5.73 Å². The number of aliphatic hydroxyl groups excluding tert-OH is 10. The Morgan fingerprint density at radius 1 is 0.661 bits per heavy atom. The molecule has 56 heavy (non-hydrogen) atoms. The van der Waals surface area contributed by atoms with Crippen LogP contribution in [0.1, 0.15) is 51.9 Å². The Morgan fingerprint density at radius 3 is 1.80 bits per heavy atom. The number of hydrogen-bond donors (Lipinski definition) is 14. The summed E-state index contributed by atoms with van der Waals surface area (Å²) in [6.07, 6.45) is -22.3. The van der Waals surface area contributed by atoms with E-state index in [1.807, 2.05) is 0 Å². The molecule has 3 aliphatic rings. The maximum Gasteiger partial charge on any atom is 0.234 e. The smallest absolute Gasteiger partial charge is 0.234 e. The van der Waals surface area contributed by atoms with Crippen LogP contribution in [0, 0.1) is 0 Å². The second-order valence-electron chi connectivity index (χ2n) is 13.9.